The first-order valence-electron chi connectivity index (χ1n) is 7.36. The number of urea groups is 1. The van der Waals surface area contributed by atoms with Gasteiger partial charge in [0.2, 0.25) is 5.91 Å². The van der Waals surface area contributed by atoms with Gasteiger partial charge in [0, 0.05) is 24.0 Å². The van der Waals surface area contributed by atoms with Crippen LogP contribution in [0.2, 0.25) is 5.02 Å². The number of nitrogens with zero attached hydrogens (tertiary/aromatic N) is 2. The van der Waals surface area contributed by atoms with E-state index in [0.717, 1.165) is 12.1 Å². The molecule has 0 saturated carbocycles. The Morgan fingerprint density at radius 3 is 2.70 bits per heavy atom. The van der Waals surface area contributed by atoms with Gasteiger partial charge in [-0.3, -0.25) is 4.79 Å². The number of likely N-dealkylation sites (tertiary alicyclic amines) is 1. The average Bonchev–Trinajstić information content (AvgIpc) is 3.20. The smallest absolute Gasteiger partial charge is 0.322 e. The van der Waals surface area contributed by atoms with Crippen molar-refractivity contribution in [2.24, 2.45) is 5.73 Å². The summed E-state index contributed by atoms with van der Waals surface area (Å²) in [6, 6.07) is 8.11. The lowest BCUT2D eigenvalue weighted by Crippen LogP contribution is -2.45. The molecule has 3 N–H and O–H groups in total. The van der Waals surface area contributed by atoms with Gasteiger partial charge in [-0.1, -0.05) is 11.6 Å². The van der Waals surface area contributed by atoms with Crippen molar-refractivity contribution in [3.05, 3.63) is 47.7 Å². The molecule has 1 atom stereocenters. The molecule has 1 saturated heterocycles. The number of halogens is 1. The van der Waals surface area contributed by atoms with Crippen LogP contribution in [0.5, 0.6) is 0 Å². The van der Waals surface area contributed by atoms with Gasteiger partial charge in [0.05, 0.1) is 11.4 Å². The normalized spacial score (nSPS) is 17.3. The summed E-state index contributed by atoms with van der Waals surface area (Å²) in [6.45, 7) is 0.520. The molecule has 7 heteroatoms. The molecule has 1 aromatic carbocycles. The van der Waals surface area contributed by atoms with E-state index in [4.69, 9.17) is 17.3 Å². The van der Waals surface area contributed by atoms with Crippen LogP contribution in [0.3, 0.4) is 0 Å². The number of carbonyl (C=O) groups excluding carboxylic acids is 2. The number of rotatable bonds is 3. The predicted molar refractivity (Wildman–Crippen MR) is 88.7 cm³/mol. The van der Waals surface area contributed by atoms with Crippen LogP contribution >= 0.6 is 11.6 Å². The number of carbonyl (C=O) groups is 2. The highest BCUT2D eigenvalue weighted by atomic mass is 35.5. The maximum atomic E-state index is 12.5. The number of nitrogens with one attached hydrogen (secondary N) is 1. The highest BCUT2D eigenvalue weighted by molar-refractivity contribution is 6.30. The minimum atomic E-state index is -0.544. The third-order valence-electron chi connectivity index (χ3n) is 3.93. The lowest BCUT2D eigenvalue weighted by Gasteiger charge is -2.23. The van der Waals surface area contributed by atoms with Gasteiger partial charge in [0.25, 0.3) is 0 Å². The van der Waals surface area contributed by atoms with Crippen molar-refractivity contribution in [3.8, 4) is 5.69 Å². The fourth-order valence-corrected chi connectivity index (χ4v) is 2.98. The second-order valence-electron chi connectivity index (χ2n) is 5.44. The molecule has 120 valence electrons. The molecule has 1 unspecified atom stereocenters. The molecule has 3 amide bonds. The van der Waals surface area contributed by atoms with E-state index in [1.165, 1.54) is 4.90 Å². The third kappa shape index (κ3) is 3.17. The molecular formula is C16H17ClN4O2. The maximum absolute atomic E-state index is 12.5. The van der Waals surface area contributed by atoms with E-state index in [2.05, 4.69) is 5.32 Å². The molecule has 0 bridgehead atoms. The summed E-state index contributed by atoms with van der Waals surface area (Å²) in [4.78, 5) is 25.4. The van der Waals surface area contributed by atoms with E-state index in [0.29, 0.717) is 23.7 Å². The van der Waals surface area contributed by atoms with Crippen LogP contribution in [0.4, 0.5) is 10.5 Å². The van der Waals surface area contributed by atoms with Crippen LogP contribution in [-0.4, -0.2) is 34.0 Å². The van der Waals surface area contributed by atoms with Gasteiger partial charge in [0.15, 0.2) is 0 Å². The van der Waals surface area contributed by atoms with Gasteiger partial charge in [-0.25, -0.2) is 4.79 Å². The molecule has 6 nitrogen and oxygen atoms in total. The van der Waals surface area contributed by atoms with Crippen molar-refractivity contribution < 1.29 is 9.59 Å². The Morgan fingerprint density at radius 1 is 1.26 bits per heavy atom. The standard InChI is InChI=1S/C16H17ClN4O2/c17-11-5-6-12(14(10-11)20-7-1-2-8-20)19-16(23)21-9-3-4-13(21)15(18)22/h1-2,5-8,10,13H,3-4,9H2,(H2,18,22)(H,19,23). The second-order valence-corrected chi connectivity index (χ2v) is 5.87. The first kappa shape index (κ1) is 15.4. The molecule has 0 aliphatic carbocycles. The largest absolute Gasteiger partial charge is 0.368 e. The van der Waals surface area contributed by atoms with Gasteiger partial charge in [0.1, 0.15) is 6.04 Å². The number of primary amides is 1. The van der Waals surface area contributed by atoms with E-state index in [9.17, 15) is 9.59 Å². The number of nitrogens with two attached hydrogens (primary N) is 1. The zero-order chi connectivity index (χ0) is 16.4. The molecule has 0 spiro atoms. The zero-order valence-corrected chi connectivity index (χ0v) is 13.2. The van der Waals surface area contributed by atoms with Crippen LogP contribution in [0.1, 0.15) is 12.8 Å². The van der Waals surface area contributed by atoms with Gasteiger partial charge >= 0.3 is 6.03 Å². The molecule has 2 heterocycles. The Hall–Kier alpha value is -2.47. The monoisotopic (exact) mass is 332 g/mol. The maximum Gasteiger partial charge on any atom is 0.322 e. The van der Waals surface area contributed by atoms with Crippen LogP contribution in [0.15, 0.2) is 42.7 Å². The van der Waals surface area contributed by atoms with E-state index in [1.807, 2.05) is 29.1 Å². The zero-order valence-electron chi connectivity index (χ0n) is 12.4. The predicted octanol–water partition coefficient (Wildman–Crippen LogP) is 2.61. The van der Waals surface area contributed by atoms with Gasteiger partial charge in [-0.2, -0.15) is 0 Å². The van der Waals surface area contributed by atoms with Crippen LogP contribution in [-0.2, 0) is 4.79 Å². The number of hydrogen-bond donors (Lipinski definition) is 2. The Morgan fingerprint density at radius 2 is 2.00 bits per heavy atom. The highest BCUT2D eigenvalue weighted by Gasteiger charge is 2.32. The summed E-state index contributed by atoms with van der Waals surface area (Å²) < 4.78 is 1.86. The van der Waals surface area contributed by atoms with Gasteiger partial charge < -0.3 is 20.5 Å². The van der Waals surface area contributed by atoms with Gasteiger partial charge in [-0.15, -0.1) is 0 Å². The Bertz CT molecular complexity index is 730. The molecule has 23 heavy (non-hydrogen) atoms. The lowest BCUT2D eigenvalue weighted by atomic mass is 10.2. The van der Waals surface area contributed by atoms with E-state index >= 15 is 0 Å². The van der Waals surface area contributed by atoms with Crippen molar-refractivity contribution in [1.82, 2.24) is 9.47 Å². The fraction of sp³-hybridized carbons (Fsp3) is 0.250. The average molecular weight is 333 g/mol. The quantitative estimate of drug-likeness (QED) is 0.906. The van der Waals surface area contributed by atoms with Crippen molar-refractivity contribution in [1.29, 1.82) is 0 Å². The lowest BCUT2D eigenvalue weighted by molar-refractivity contribution is -0.121. The molecule has 1 fully saturated rings. The molecule has 1 aliphatic rings. The topological polar surface area (TPSA) is 80.4 Å². The van der Waals surface area contributed by atoms with E-state index in [-0.39, 0.29) is 6.03 Å². The van der Waals surface area contributed by atoms with E-state index in [1.54, 1.807) is 18.2 Å². The summed E-state index contributed by atoms with van der Waals surface area (Å²) in [6.07, 6.45) is 5.10. The Kier molecular flexibility index (Phi) is 4.25. The third-order valence-corrected chi connectivity index (χ3v) is 4.16. The van der Waals surface area contributed by atoms with Crippen LogP contribution < -0.4 is 11.1 Å². The molecule has 1 aromatic heterocycles. The SMILES string of the molecule is NC(=O)C1CCCN1C(=O)Nc1ccc(Cl)cc1-n1cccc1. The molecule has 1 aliphatic heterocycles. The summed E-state index contributed by atoms with van der Waals surface area (Å²) in [5.41, 5.74) is 6.74. The number of hydrogen-bond acceptors (Lipinski definition) is 2. The summed E-state index contributed by atoms with van der Waals surface area (Å²) >= 11 is 6.06. The first-order chi connectivity index (χ1) is 11.1. The van der Waals surface area contributed by atoms with Crippen LogP contribution in [0.25, 0.3) is 5.69 Å². The fourth-order valence-electron chi connectivity index (χ4n) is 2.81. The van der Waals surface area contributed by atoms with Crippen molar-refractivity contribution >= 4 is 29.2 Å². The van der Waals surface area contributed by atoms with Crippen LogP contribution in [0, 0.1) is 0 Å². The Balaban J connectivity index is 1.86. The minimum absolute atomic E-state index is 0.331. The number of aromatic nitrogens is 1. The summed E-state index contributed by atoms with van der Waals surface area (Å²) in [7, 11) is 0. The van der Waals surface area contributed by atoms with Crippen molar-refractivity contribution in [2.75, 3.05) is 11.9 Å². The van der Waals surface area contributed by atoms with Crippen molar-refractivity contribution in [2.45, 2.75) is 18.9 Å². The van der Waals surface area contributed by atoms with Gasteiger partial charge in [-0.05, 0) is 43.2 Å². The minimum Gasteiger partial charge on any atom is -0.368 e. The summed E-state index contributed by atoms with van der Waals surface area (Å²) in [5, 5.41) is 3.42. The van der Waals surface area contributed by atoms with E-state index < -0.39 is 11.9 Å². The van der Waals surface area contributed by atoms with Crippen molar-refractivity contribution in [3.63, 3.8) is 0 Å². The first-order valence-corrected chi connectivity index (χ1v) is 7.74. The Labute approximate surface area is 138 Å². The second kappa shape index (κ2) is 6.34. The number of benzene rings is 1. The highest BCUT2D eigenvalue weighted by Crippen LogP contribution is 2.26. The molecule has 0 radical (unpaired) electrons. The summed E-state index contributed by atoms with van der Waals surface area (Å²) in [5.74, 6) is -0.473. The molecule has 3 rings (SSSR count). The number of amides is 3. The molecular weight excluding hydrogens is 316 g/mol. The molecule has 2 aromatic rings. The number of anilines is 1.